The van der Waals surface area contributed by atoms with Crippen molar-refractivity contribution in [3.05, 3.63) is 0 Å². The van der Waals surface area contributed by atoms with Crippen LogP contribution in [0.2, 0.25) is 0 Å². The quantitative estimate of drug-likeness (QED) is 0.722. The fourth-order valence-electron chi connectivity index (χ4n) is 2.33. The minimum absolute atomic E-state index is 0.0349. The molecule has 0 aliphatic carbocycles. The van der Waals surface area contributed by atoms with Crippen molar-refractivity contribution in [1.82, 2.24) is 5.32 Å². The van der Waals surface area contributed by atoms with Gasteiger partial charge in [-0.2, -0.15) is 13.2 Å². The van der Waals surface area contributed by atoms with Gasteiger partial charge in [-0.05, 0) is 31.2 Å². The van der Waals surface area contributed by atoms with Crippen LogP contribution in [0.15, 0.2) is 0 Å². The van der Waals surface area contributed by atoms with Crippen LogP contribution in [0.25, 0.3) is 0 Å². The maximum absolute atomic E-state index is 12.2. The normalized spacial score (nSPS) is 16.4. The number of halogens is 3. The topological polar surface area (TPSA) is 21.3 Å². The molecule has 0 aliphatic rings. The molecule has 2 unspecified atom stereocenters. The average Bonchev–Trinajstić information content (AvgIpc) is 2.22. The summed E-state index contributed by atoms with van der Waals surface area (Å²) in [6.07, 6.45) is -3.31. The van der Waals surface area contributed by atoms with E-state index in [1.165, 1.54) is 0 Å². The van der Waals surface area contributed by atoms with Crippen molar-refractivity contribution in [2.24, 2.45) is 5.41 Å². The maximum atomic E-state index is 12.2. The molecule has 0 radical (unpaired) electrons. The van der Waals surface area contributed by atoms with Gasteiger partial charge in [0.25, 0.3) is 0 Å². The lowest BCUT2D eigenvalue weighted by atomic mass is 9.82. The van der Waals surface area contributed by atoms with E-state index in [0.29, 0.717) is 6.42 Å². The molecule has 0 aliphatic heterocycles. The second kappa shape index (κ2) is 8.10. The first-order valence-corrected chi connectivity index (χ1v) is 6.94. The monoisotopic (exact) mass is 283 g/mol. The van der Waals surface area contributed by atoms with Crippen molar-refractivity contribution in [3.8, 4) is 0 Å². The second-order valence-electron chi connectivity index (χ2n) is 6.09. The third-order valence-electron chi connectivity index (χ3n) is 3.10. The van der Waals surface area contributed by atoms with Crippen LogP contribution in [0.3, 0.4) is 0 Å². The fraction of sp³-hybridized carbons (Fsp3) is 1.00. The molecule has 0 saturated heterocycles. The first kappa shape index (κ1) is 18.7. The van der Waals surface area contributed by atoms with Crippen LogP contribution in [0.5, 0.6) is 0 Å². The van der Waals surface area contributed by atoms with Crippen LogP contribution < -0.4 is 5.32 Å². The van der Waals surface area contributed by atoms with Crippen LogP contribution >= 0.6 is 0 Å². The van der Waals surface area contributed by atoms with E-state index >= 15 is 0 Å². The fourth-order valence-corrected chi connectivity index (χ4v) is 2.33. The summed E-state index contributed by atoms with van der Waals surface area (Å²) in [6, 6.07) is -0.0349. The molecule has 0 aromatic rings. The van der Waals surface area contributed by atoms with Gasteiger partial charge in [0.2, 0.25) is 0 Å². The van der Waals surface area contributed by atoms with Crippen LogP contribution in [0, 0.1) is 5.41 Å². The van der Waals surface area contributed by atoms with Crippen molar-refractivity contribution < 1.29 is 17.9 Å². The van der Waals surface area contributed by atoms with E-state index in [9.17, 15) is 13.2 Å². The zero-order valence-corrected chi connectivity index (χ0v) is 12.7. The predicted molar refractivity (Wildman–Crippen MR) is 72.2 cm³/mol. The molecule has 2 nitrogen and oxygen atoms in total. The van der Waals surface area contributed by atoms with Gasteiger partial charge in [-0.3, -0.25) is 0 Å². The largest absolute Gasteiger partial charge is 0.389 e. The summed E-state index contributed by atoms with van der Waals surface area (Å²) in [5.41, 5.74) is -0.0988. The van der Waals surface area contributed by atoms with Crippen LogP contribution in [0.4, 0.5) is 13.2 Å². The van der Waals surface area contributed by atoms with Gasteiger partial charge in [-0.1, -0.05) is 27.7 Å². The molecule has 0 spiro atoms. The van der Waals surface area contributed by atoms with Crippen molar-refractivity contribution in [1.29, 1.82) is 0 Å². The SMILES string of the molecule is CCCNC(CCCC(F)(F)F)C(OC)C(C)(C)C. The Morgan fingerprint density at radius 2 is 1.74 bits per heavy atom. The zero-order chi connectivity index (χ0) is 15.1. The highest BCUT2D eigenvalue weighted by Crippen LogP contribution is 2.28. The van der Waals surface area contributed by atoms with E-state index in [1.54, 1.807) is 7.11 Å². The van der Waals surface area contributed by atoms with Gasteiger partial charge in [0.05, 0.1) is 6.10 Å². The van der Waals surface area contributed by atoms with Crippen molar-refractivity contribution in [2.45, 2.75) is 71.7 Å². The number of alkyl halides is 3. The summed E-state index contributed by atoms with van der Waals surface area (Å²) >= 11 is 0. The Morgan fingerprint density at radius 1 is 1.16 bits per heavy atom. The van der Waals surface area contributed by atoms with E-state index < -0.39 is 12.6 Å². The Morgan fingerprint density at radius 3 is 2.11 bits per heavy atom. The van der Waals surface area contributed by atoms with Crippen LogP contribution in [-0.4, -0.2) is 32.0 Å². The molecular weight excluding hydrogens is 255 g/mol. The molecule has 0 rings (SSSR count). The highest BCUT2D eigenvalue weighted by molar-refractivity contribution is 4.86. The Balaban J connectivity index is 4.52. The van der Waals surface area contributed by atoms with Gasteiger partial charge in [0.15, 0.2) is 0 Å². The molecule has 0 aromatic carbocycles. The van der Waals surface area contributed by atoms with Gasteiger partial charge >= 0.3 is 6.18 Å². The lowest BCUT2D eigenvalue weighted by Gasteiger charge is -2.36. The Hall–Kier alpha value is -0.290. The number of hydrogen-bond donors (Lipinski definition) is 1. The number of methoxy groups -OCH3 is 1. The van der Waals surface area contributed by atoms with Crippen molar-refractivity contribution >= 4 is 0 Å². The molecule has 0 aromatic heterocycles. The number of rotatable bonds is 8. The summed E-state index contributed by atoms with van der Waals surface area (Å²) < 4.78 is 42.2. The van der Waals surface area contributed by atoms with E-state index in [-0.39, 0.29) is 24.0 Å². The standard InChI is InChI=1S/C14H28F3NO/c1-6-10-18-11(8-7-9-14(15,16)17)12(19-5)13(2,3)4/h11-12,18H,6-10H2,1-5H3. The summed E-state index contributed by atoms with van der Waals surface area (Å²) in [5, 5.41) is 3.32. The first-order chi connectivity index (χ1) is 8.61. The molecule has 0 heterocycles. The highest BCUT2D eigenvalue weighted by Gasteiger charge is 2.33. The third-order valence-corrected chi connectivity index (χ3v) is 3.10. The van der Waals surface area contributed by atoms with Crippen molar-refractivity contribution in [3.63, 3.8) is 0 Å². The van der Waals surface area contributed by atoms with Crippen LogP contribution in [0.1, 0.15) is 53.4 Å². The lowest BCUT2D eigenvalue weighted by Crippen LogP contribution is -2.48. The molecule has 0 saturated carbocycles. The summed E-state index contributed by atoms with van der Waals surface area (Å²) in [4.78, 5) is 0. The van der Waals surface area contributed by atoms with E-state index in [1.807, 2.05) is 27.7 Å². The van der Waals surface area contributed by atoms with Gasteiger partial charge < -0.3 is 10.1 Å². The lowest BCUT2D eigenvalue weighted by molar-refractivity contribution is -0.136. The average molecular weight is 283 g/mol. The Kier molecular flexibility index (Phi) is 7.98. The van der Waals surface area contributed by atoms with Crippen LogP contribution in [-0.2, 0) is 4.74 Å². The molecule has 2 atom stereocenters. The minimum Gasteiger partial charge on any atom is -0.379 e. The summed E-state index contributed by atoms with van der Waals surface area (Å²) in [6.45, 7) is 8.98. The molecule has 0 bridgehead atoms. The van der Waals surface area contributed by atoms with Gasteiger partial charge in [-0.15, -0.1) is 0 Å². The smallest absolute Gasteiger partial charge is 0.379 e. The molecule has 1 N–H and O–H groups in total. The maximum Gasteiger partial charge on any atom is 0.389 e. The Bertz CT molecular complexity index is 236. The molecule has 116 valence electrons. The molecule has 0 amide bonds. The zero-order valence-electron chi connectivity index (χ0n) is 12.7. The molecule has 19 heavy (non-hydrogen) atoms. The number of nitrogens with one attached hydrogen (secondary N) is 1. The van der Waals surface area contributed by atoms with Crippen molar-refractivity contribution in [2.75, 3.05) is 13.7 Å². The van der Waals surface area contributed by atoms with E-state index in [2.05, 4.69) is 5.32 Å². The molecule has 0 fully saturated rings. The summed E-state index contributed by atoms with van der Waals surface area (Å²) in [7, 11) is 1.63. The predicted octanol–water partition coefficient (Wildman–Crippen LogP) is 4.15. The van der Waals surface area contributed by atoms with Gasteiger partial charge in [-0.25, -0.2) is 0 Å². The number of ether oxygens (including phenoxy) is 1. The Labute approximate surface area is 115 Å². The second-order valence-corrected chi connectivity index (χ2v) is 6.09. The van der Waals surface area contributed by atoms with E-state index in [4.69, 9.17) is 4.74 Å². The van der Waals surface area contributed by atoms with E-state index in [0.717, 1.165) is 13.0 Å². The first-order valence-electron chi connectivity index (χ1n) is 6.94. The van der Waals surface area contributed by atoms with Gasteiger partial charge in [0.1, 0.15) is 0 Å². The highest BCUT2D eigenvalue weighted by atomic mass is 19.4. The van der Waals surface area contributed by atoms with Gasteiger partial charge in [0, 0.05) is 19.6 Å². The minimum atomic E-state index is -4.07. The number of hydrogen-bond acceptors (Lipinski definition) is 2. The molecule has 5 heteroatoms. The summed E-state index contributed by atoms with van der Waals surface area (Å²) in [5.74, 6) is 0. The molecular formula is C14H28F3NO. The third kappa shape index (κ3) is 8.47.